The van der Waals surface area contributed by atoms with E-state index in [4.69, 9.17) is 0 Å². The fourth-order valence-corrected chi connectivity index (χ4v) is 0.0778. The monoisotopic (exact) mass is 118 g/mol. The van der Waals surface area contributed by atoms with Gasteiger partial charge >= 0.3 is 13.2 Å². The Morgan fingerprint density at radius 2 is 1.14 bits per heavy atom. The van der Waals surface area contributed by atoms with Crippen LogP contribution in [0.2, 0.25) is 0 Å². The molecule has 0 fully saturated rings. The maximum Gasteiger partial charge on any atom is 0.349 e. The number of hydrogen-bond donors (Lipinski definition) is 0. The minimum atomic E-state index is -3.38. The molecule has 0 spiro atoms. The zero-order valence-corrected chi connectivity index (χ0v) is 3.07. The van der Waals surface area contributed by atoms with Gasteiger partial charge in [0, 0.05) is 0 Å². The van der Waals surface area contributed by atoms with Crippen LogP contribution in [0.4, 0.5) is 17.6 Å². The Morgan fingerprint density at radius 1 is 0.857 bits per heavy atom. The van der Waals surface area contributed by atoms with Gasteiger partial charge in [0.25, 0.3) is 0 Å². The molecule has 0 aliphatic rings. The van der Waals surface area contributed by atoms with Crippen molar-refractivity contribution >= 4 is 0 Å². The van der Waals surface area contributed by atoms with Gasteiger partial charge in [-0.1, -0.05) is 0 Å². The van der Waals surface area contributed by atoms with Crippen molar-refractivity contribution in [2.75, 3.05) is 0 Å². The molecule has 0 N–H and O–H groups in total. The van der Waals surface area contributed by atoms with Gasteiger partial charge in [-0.2, -0.15) is 17.6 Å². The highest BCUT2D eigenvalue weighted by atomic mass is 19.3. The molecule has 0 bridgehead atoms. The van der Waals surface area contributed by atoms with E-state index in [0.29, 0.717) is 0 Å². The summed E-state index contributed by atoms with van der Waals surface area (Å²) < 4.78 is 44.9. The molecule has 0 saturated carbocycles. The molecule has 0 radical (unpaired) electrons. The van der Waals surface area contributed by atoms with E-state index in [9.17, 15) is 17.6 Å². The van der Waals surface area contributed by atoms with E-state index in [1.165, 1.54) is 0 Å². The van der Waals surface area contributed by atoms with E-state index < -0.39 is 13.2 Å². The first-order valence-electron chi connectivity index (χ1n) is 1.34. The van der Waals surface area contributed by atoms with E-state index in [2.05, 4.69) is 4.74 Å². The zero-order chi connectivity index (χ0) is 5.86. The minimum Gasteiger partial charge on any atom is -0.260 e. The number of halogens is 4. The first-order valence-corrected chi connectivity index (χ1v) is 1.34. The van der Waals surface area contributed by atoms with Crippen LogP contribution in [0.1, 0.15) is 0 Å². The summed E-state index contributed by atoms with van der Waals surface area (Å²) in [6.45, 7) is -6.75. The van der Waals surface area contributed by atoms with E-state index in [0.717, 1.165) is 0 Å². The van der Waals surface area contributed by atoms with Crippen molar-refractivity contribution in [1.29, 1.82) is 0 Å². The molecule has 5 heteroatoms. The summed E-state index contributed by atoms with van der Waals surface area (Å²) in [6.07, 6.45) is 0. The van der Waals surface area contributed by atoms with Crippen molar-refractivity contribution in [1.82, 2.24) is 0 Å². The van der Waals surface area contributed by atoms with Gasteiger partial charge in [-0.15, -0.1) is 0 Å². The molecule has 0 aromatic carbocycles. The summed E-state index contributed by atoms with van der Waals surface area (Å²) in [7, 11) is 0. The van der Waals surface area contributed by atoms with Crippen LogP contribution in [-0.4, -0.2) is 13.2 Å². The standard InChI is InChI=1S/C2H2F4O/c3-1(4)7-2(5)6/h1-2H. The summed E-state index contributed by atoms with van der Waals surface area (Å²) in [5, 5.41) is 0. The van der Waals surface area contributed by atoms with Crippen LogP contribution >= 0.6 is 0 Å². The molecule has 0 aliphatic carbocycles. The summed E-state index contributed by atoms with van der Waals surface area (Å²) in [6, 6.07) is 0. The number of ether oxygens (including phenoxy) is 1. The van der Waals surface area contributed by atoms with E-state index in [-0.39, 0.29) is 0 Å². The molecule has 0 saturated heterocycles. The first kappa shape index (κ1) is 6.68. The van der Waals surface area contributed by atoms with Gasteiger partial charge in [-0.3, -0.25) is 4.74 Å². The van der Waals surface area contributed by atoms with Crippen molar-refractivity contribution in [3.8, 4) is 0 Å². The molecule has 0 heterocycles. The summed E-state index contributed by atoms with van der Waals surface area (Å²) >= 11 is 0. The summed E-state index contributed by atoms with van der Waals surface area (Å²) in [5.41, 5.74) is 0. The number of alkyl halides is 4. The van der Waals surface area contributed by atoms with Gasteiger partial charge in [0.1, 0.15) is 0 Å². The fourth-order valence-electron chi connectivity index (χ4n) is 0.0778. The van der Waals surface area contributed by atoms with Gasteiger partial charge < -0.3 is 0 Å². The van der Waals surface area contributed by atoms with Crippen molar-refractivity contribution in [2.24, 2.45) is 0 Å². The zero-order valence-electron chi connectivity index (χ0n) is 3.07. The molecule has 0 aliphatic heterocycles. The van der Waals surface area contributed by atoms with Crippen LogP contribution in [0.15, 0.2) is 0 Å². The maximum atomic E-state index is 10.6. The molecular weight excluding hydrogens is 116 g/mol. The number of hydrogen-bond acceptors (Lipinski definition) is 1. The molecule has 7 heavy (non-hydrogen) atoms. The Kier molecular flexibility index (Phi) is 2.66. The summed E-state index contributed by atoms with van der Waals surface area (Å²) in [4.78, 5) is 0. The SMILES string of the molecule is FC(F)OC(F)F. The van der Waals surface area contributed by atoms with Crippen molar-refractivity contribution in [3.05, 3.63) is 0 Å². The second-order valence-electron chi connectivity index (χ2n) is 0.657. The Morgan fingerprint density at radius 3 is 1.14 bits per heavy atom. The number of rotatable bonds is 2. The molecule has 0 amide bonds. The second kappa shape index (κ2) is 2.79. The van der Waals surface area contributed by atoms with Gasteiger partial charge in [-0.25, -0.2) is 0 Å². The topological polar surface area (TPSA) is 9.23 Å². The van der Waals surface area contributed by atoms with Gasteiger partial charge in [-0.05, 0) is 0 Å². The van der Waals surface area contributed by atoms with E-state index in [1.54, 1.807) is 0 Å². The van der Waals surface area contributed by atoms with Crippen molar-refractivity contribution in [2.45, 2.75) is 13.2 Å². The van der Waals surface area contributed by atoms with Crippen LogP contribution in [-0.2, 0) is 4.74 Å². The molecule has 44 valence electrons. The summed E-state index contributed by atoms with van der Waals surface area (Å²) in [5.74, 6) is 0. The van der Waals surface area contributed by atoms with Gasteiger partial charge in [0.15, 0.2) is 0 Å². The quantitative estimate of drug-likeness (QED) is 0.498. The lowest BCUT2D eigenvalue weighted by Gasteiger charge is -1.95. The highest BCUT2D eigenvalue weighted by molar-refractivity contribution is 4.08. The van der Waals surface area contributed by atoms with Crippen LogP contribution in [0.25, 0.3) is 0 Å². The van der Waals surface area contributed by atoms with Gasteiger partial charge in [0.05, 0.1) is 0 Å². The lowest BCUT2D eigenvalue weighted by atomic mass is 11.3. The molecule has 0 unspecified atom stereocenters. The third-order valence-corrected chi connectivity index (χ3v) is 0.206. The molecule has 1 nitrogen and oxygen atoms in total. The maximum absolute atomic E-state index is 10.6. The smallest absolute Gasteiger partial charge is 0.260 e. The van der Waals surface area contributed by atoms with Crippen molar-refractivity contribution in [3.63, 3.8) is 0 Å². The van der Waals surface area contributed by atoms with Crippen LogP contribution in [0.5, 0.6) is 0 Å². The average molecular weight is 118 g/mol. The highest BCUT2D eigenvalue weighted by Gasteiger charge is 2.09. The van der Waals surface area contributed by atoms with E-state index in [1.807, 2.05) is 0 Å². The Labute approximate surface area is 36.9 Å². The molecule has 0 aromatic heterocycles. The average Bonchev–Trinajstić information content (AvgIpc) is 1.27. The lowest BCUT2D eigenvalue weighted by Crippen LogP contribution is -2.03. The third-order valence-electron chi connectivity index (χ3n) is 0.206. The normalized spacial score (nSPS) is 11.1. The highest BCUT2D eigenvalue weighted by Crippen LogP contribution is 2.02. The Hall–Kier alpha value is -0.320. The minimum absolute atomic E-state index is 2.58. The second-order valence-corrected chi connectivity index (χ2v) is 0.657. The van der Waals surface area contributed by atoms with Crippen molar-refractivity contribution < 1.29 is 22.3 Å². The lowest BCUT2D eigenvalue weighted by molar-refractivity contribution is -0.245. The van der Waals surface area contributed by atoms with Crippen LogP contribution in [0.3, 0.4) is 0 Å². The van der Waals surface area contributed by atoms with Crippen LogP contribution < -0.4 is 0 Å². The Balaban J connectivity index is 2.95. The molecular formula is C2H2F4O. The predicted molar refractivity (Wildman–Crippen MR) is 13.1 cm³/mol. The molecule has 0 rings (SSSR count). The fraction of sp³-hybridized carbons (Fsp3) is 1.00. The molecule has 0 aromatic rings. The van der Waals surface area contributed by atoms with Crippen LogP contribution in [0, 0.1) is 0 Å². The van der Waals surface area contributed by atoms with E-state index >= 15 is 0 Å². The first-order chi connectivity index (χ1) is 3.13. The largest absolute Gasteiger partial charge is 0.349 e. The molecule has 0 atom stereocenters. The van der Waals surface area contributed by atoms with Gasteiger partial charge in [0.2, 0.25) is 0 Å². The third kappa shape index (κ3) is 5.68. The predicted octanol–water partition coefficient (Wildman–Crippen LogP) is 1.45. The Bertz CT molecular complexity index is 39.0.